The summed E-state index contributed by atoms with van der Waals surface area (Å²) in [6.07, 6.45) is 4.86. The first-order valence-corrected chi connectivity index (χ1v) is 7.25. The number of aromatic nitrogens is 3. The van der Waals surface area contributed by atoms with E-state index in [1.807, 2.05) is 14.0 Å². The molecular formula is C13H21ClN4O. The highest BCUT2D eigenvalue weighted by atomic mass is 35.5. The van der Waals surface area contributed by atoms with Crippen LogP contribution in [-0.2, 0) is 0 Å². The Labute approximate surface area is 119 Å². The molecule has 1 heterocycles. The van der Waals surface area contributed by atoms with Crippen molar-refractivity contribution in [1.29, 1.82) is 0 Å². The second-order valence-corrected chi connectivity index (χ2v) is 5.48. The van der Waals surface area contributed by atoms with Gasteiger partial charge >= 0.3 is 6.01 Å². The fourth-order valence-corrected chi connectivity index (χ4v) is 2.61. The molecule has 0 aromatic carbocycles. The van der Waals surface area contributed by atoms with Crippen LogP contribution < -0.4 is 9.64 Å². The van der Waals surface area contributed by atoms with Gasteiger partial charge < -0.3 is 9.64 Å². The lowest BCUT2D eigenvalue weighted by Gasteiger charge is -2.33. The maximum atomic E-state index is 5.92. The van der Waals surface area contributed by atoms with Crippen molar-refractivity contribution in [3.8, 4) is 6.01 Å². The van der Waals surface area contributed by atoms with Gasteiger partial charge in [-0.3, -0.25) is 0 Å². The quantitative estimate of drug-likeness (QED) is 0.851. The number of ether oxygens (including phenoxy) is 1. The number of rotatable bonds is 4. The molecule has 1 aliphatic carbocycles. The number of halogens is 1. The zero-order valence-electron chi connectivity index (χ0n) is 11.8. The number of hydrogen-bond donors (Lipinski definition) is 0. The van der Waals surface area contributed by atoms with Gasteiger partial charge in [0.05, 0.1) is 6.61 Å². The van der Waals surface area contributed by atoms with Gasteiger partial charge in [0.1, 0.15) is 0 Å². The van der Waals surface area contributed by atoms with E-state index in [9.17, 15) is 0 Å². The third-order valence-corrected chi connectivity index (χ3v) is 3.87. The highest BCUT2D eigenvalue weighted by molar-refractivity contribution is 6.28. The number of nitrogens with zero attached hydrogens (tertiary/aromatic N) is 4. The summed E-state index contributed by atoms with van der Waals surface area (Å²) in [5.74, 6) is 1.42. The molecule has 1 aliphatic rings. The Balaban J connectivity index is 2.11. The molecule has 5 nitrogen and oxygen atoms in total. The molecule has 0 saturated heterocycles. The monoisotopic (exact) mass is 284 g/mol. The topological polar surface area (TPSA) is 51.1 Å². The molecule has 1 aromatic rings. The molecular weight excluding hydrogens is 264 g/mol. The fraction of sp³-hybridized carbons (Fsp3) is 0.769. The number of hydrogen-bond acceptors (Lipinski definition) is 5. The van der Waals surface area contributed by atoms with Crippen LogP contribution in [0, 0.1) is 5.92 Å². The van der Waals surface area contributed by atoms with E-state index in [1.54, 1.807) is 0 Å². The summed E-state index contributed by atoms with van der Waals surface area (Å²) in [5.41, 5.74) is 0. The minimum Gasteiger partial charge on any atom is -0.464 e. The largest absolute Gasteiger partial charge is 0.464 e. The van der Waals surface area contributed by atoms with E-state index >= 15 is 0 Å². The highest BCUT2D eigenvalue weighted by Crippen LogP contribution is 2.28. The van der Waals surface area contributed by atoms with Crippen LogP contribution in [0.4, 0.5) is 5.95 Å². The van der Waals surface area contributed by atoms with Crippen molar-refractivity contribution >= 4 is 17.5 Å². The first kappa shape index (κ1) is 14.3. The zero-order valence-corrected chi connectivity index (χ0v) is 12.5. The SMILES string of the molecule is CCOc1nc(Cl)nc(N(C)C2CCC(C)CC2)n1. The Hall–Kier alpha value is -1.10. The molecule has 0 N–H and O–H groups in total. The molecule has 0 unspecified atom stereocenters. The molecule has 0 aliphatic heterocycles. The van der Waals surface area contributed by atoms with Crippen molar-refractivity contribution in [2.24, 2.45) is 5.92 Å². The second kappa shape index (κ2) is 6.37. The van der Waals surface area contributed by atoms with Gasteiger partial charge in [-0.2, -0.15) is 15.0 Å². The Kier molecular flexibility index (Phi) is 4.80. The van der Waals surface area contributed by atoms with Gasteiger partial charge in [-0.15, -0.1) is 0 Å². The van der Waals surface area contributed by atoms with E-state index in [1.165, 1.54) is 25.7 Å². The van der Waals surface area contributed by atoms with Crippen LogP contribution in [0.15, 0.2) is 0 Å². The highest BCUT2D eigenvalue weighted by Gasteiger charge is 2.24. The zero-order chi connectivity index (χ0) is 13.8. The standard InChI is InChI=1S/C13H21ClN4O/c1-4-19-13-16-11(14)15-12(17-13)18(3)10-7-5-9(2)6-8-10/h9-10H,4-8H2,1-3H3. The molecule has 19 heavy (non-hydrogen) atoms. The van der Waals surface area contributed by atoms with E-state index in [4.69, 9.17) is 16.3 Å². The van der Waals surface area contributed by atoms with E-state index in [-0.39, 0.29) is 5.28 Å². The second-order valence-electron chi connectivity index (χ2n) is 5.14. The van der Waals surface area contributed by atoms with Gasteiger partial charge in [-0.1, -0.05) is 6.92 Å². The van der Waals surface area contributed by atoms with Crippen molar-refractivity contribution < 1.29 is 4.74 Å². The van der Waals surface area contributed by atoms with E-state index in [2.05, 4.69) is 26.8 Å². The lowest BCUT2D eigenvalue weighted by atomic mass is 9.87. The molecule has 0 bridgehead atoms. The van der Waals surface area contributed by atoms with Crippen LogP contribution >= 0.6 is 11.6 Å². The van der Waals surface area contributed by atoms with Gasteiger partial charge in [0.25, 0.3) is 0 Å². The summed E-state index contributed by atoms with van der Waals surface area (Å²) in [7, 11) is 2.02. The lowest BCUT2D eigenvalue weighted by molar-refractivity contribution is 0.309. The van der Waals surface area contributed by atoms with E-state index in [0.29, 0.717) is 24.6 Å². The van der Waals surface area contributed by atoms with Gasteiger partial charge in [-0.25, -0.2) is 0 Å². The summed E-state index contributed by atoms with van der Waals surface area (Å²) >= 11 is 5.92. The summed E-state index contributed by atoms with van der Waals surface area (Å²) in [4.78, 5) is 14.6. The molecule has 6 heteroatoms. The average Bonchev–Trinajstić information content (AvgIpc) is 2.38. The maximum Gasteiger partial charge on any atom is 0.322 e. The van der Waals surface area contributed by atoms with Crippen LogP contribution in [0.1, 0.15) is 39.5 Å². The average molecular weight is 285 g/mol. The smallest absolute Gasteiger partial charge is 0.322 e. The Morgan fingerprint density at radius 1 is 1.21 bits per heavy atom. The summed E-state index contributed by atoms with van der Waals surface area (Å²) < 4.78 is 5.31. The van der Waals surface area contributed by atoms with Crippen LogP contribution in [0.3, 0.4) is 0 Å². The first-order chi connectivity index (χ1) is 9.10. The minimum atomic E-state index is 0.185. The molecule has 0 radical (unpaired) electrons. The molecule has 0 spiro atoms. The predicted molar refractivity (Wildman–Crippen MR) is 75.8 cm³/mol. The van der Waals surface area contributed by atoms with Crippen LogP contribution in [-0.4, -0.2) is 34.6 Å². The first-order valence-electron chi connectivity index (χ1n) is 6.87. The lowest BCUT2D eigenvalue weighted by Crippen LogP contribution is -2.36. The molecule has 1 fully saturated rings. The Morgan fingerprint density at radius 2 is 1.89 bits per heavy atom. The summed E-state index contributed by atoms with van der Waals surface area (Å²) in [6, 6.07) is 0.776. The number of anilines is 1. The van der Waals surface area contributed by atoms with Crippen molar-refractivity contribution in [2.45, 2.75) is 45.6 Å². The van der Waals surface area contributed by atoms with Gasteiger partial charge in [0.2, 0.25) is 11.2 Å². The van der Waals surface area contributed by atoms with Crippen LogP contribution in [0.2, 0.25) is 5.28 Å². The molecule has 2 rings (SSSR count). The molecule has 106 valence electrons. The van der Waals surface area contributed by atoms with Gasteiger partial charge in [0, 0.05) is 13.1 Å². The summed E-state index contributed by atoms with van der Waals surface area (Å²) in [5, 5.41) is 0.185. The van der Waals surface area contributed by atoms with Crippen molar-refractivity contribution in [3.63, 3.8) is 0 Å². The van der Waals surface area contributed by atoms with Crippen LogP contribution in [0.5, 0.6) is 6.01 Å². The fourth-order valence-electron chi connectivity index (χ4n) is 2.47. The normalized spacial score (nSPS) is 23.2. The molecule has 0 amide bonds. The van der Waals surface area contributed by atoms with Crippen LogP contribution in [0.25, 0.3) is 0 Å². The Bertz CT molecular complexity index is 421. The molecule has 0 atom stereocenters. The van der Waals surface area contributed by atoms with E-state index in [0.717, 1.165) is 5.92 Å². The van der Waals surface area contributed by atoms with E-state index < -0.39 is 0 Å². The maximum absolute atomic E-state index is 5.92. The summed E-state index contributed by atoms with van der Waals surface area (Å²) in [6.45, 7) is 4.72. The van der Waals surface area contributed by atoms with Crippen molar-refractivity contribution in [2.75, 3.05) is 18.6 Å². The molecule has 1 aromatic heterocycles. The third kappa shape index (κ3) is 3.69. The van der Waals surface area contributed by atoms with Gasteiger partial charge in [-0.05, 0) is 50.1 Å². The van der Waals surface area contributed by atoms with Crippen molar-refractivity contribution in [1.82, 2.24) is 15.0 Å². The third-order valence-electron chi connectivity index (χ3n) is 3.70. The Morgan fingerprint density at radius 3 is 2.53 bits per heavy atom. The van der Waals surface area contributed by atoms with Crippen molar-refractivity contribution in [3.05, 3.63) is 5.28 Å². The molecule has 1 saturated carbocycles. The van der Waals surface area contributed by atoms with Gasteiger partial charge in [0.15, 0.2) is 0 Å². The minimum absolute atomic E-state index is 0.185. The predicted octanol–water partition coefficient (Wildman–Crippen LogP) is 2.94.